The van der Waals surface area contributed by atoms with E-state index in [0.717, 1.165) is 0 Å². The third-order valence-corrected chi connectivity index (χ3v) is 5.78. The third-order valence-electron chi connectivity index (χ3n) is 4.15. The summed E-state index contributed by atoms with van der Waals surface area (Å²) in [5, 5.41) is 13.2. The van der Waals surface area contributed by atoms with Gasteiger partial charge in [-0.25, -0.2) is 0 Å². The Hall–Kier alpha value is -2.55. The van der Waals surface area contributed by atoms with Crippen molar-refractivity contribution in [3.05, 3.63) is 58.0 Å². The Bertz CT molecular complexity index is 1010. The van der Waals surface area contributed by atoms with Gasteiger partial charge in [-0.1, -0.05) is 41.6 Å². The zero-order chi connectivity index (χ0) is 21.7. The molecule has 30 heavy (non-hydrogen) atoms. The summed E-state index contributed by atoms with van der Waals surface area (Å²) in [7, 11) is 0. The van der Waals surface area contributed by atoms with Gasteiger partial charge >= 0.3 is 0 Å². The van der Waals surface area contributed by atoms with Gasteiger partial charge in [-0.15, -0.1) is 0 Å². The van der Waals surface area contributed by atoms with Crippen LogP contribution in [0.2, 0.25) is 5.02 Å². The van der Waals surface area contributed by atoms with Gasteiger partial charge in [0, 0.05) is 23.7 Å². The van der Waals surface area contributed by atoms with Crippen molar-refractivity contribution < 1.29 is 19.4 Å². The maximum Gasteiger partial charge on any atom is 0.266 e. The van der Waals surface area contributed by atoms with Crippen molar-refractivity contribution >= 4 is 63.5 Å². The summed E-state index contributed by atoms with van der Waals surface area (Å²) in [5.74, 6) is -0.0978. The fraction of sp³-hybridized carbons (Fsp3) is 0.190. The van der Waals surface area contributed by atoms with Crippen LogP contribution >= 0.6 is 35.6 Å². The number of thioether (sulfide) groups is 1. The molecule has 0 saturated carbocycles. The number of aromatic hydroxyl groups is 1. The van der Waals surface area contributed by atoms with E-state index in [1.54, 1.807) is 42.5 Å². The van der Waals surface area contributed by atoms with Crippen LogP contribution in [0.3, 0.4) is 0 Å². The number of phenols is 1. The van der Waals surface area contributed by atoms with E-state index in [9.17, 15) is 14.7 Å². The lowest BCUT2D eigenvalue weighted by Gasteiger charge is -2.14. The van der Waals surface area contributed by atoms with Crippen LogP contribution in [-0.2, 0) is 9.59 Å². The monoisotopic (exact) mass is 462 g/mol. The Labute approximate surface area is 188 Å². The molecule has 1 aliphatic heterocycles. The zero-order valence-electron chi connectivity index (χ0n) is 16.1. The highest BCUT2D eigenvalue weighted by atomic mass is 35.5. The number of benzene rings is 2. The number of nitrogens with one attached hydrogen (secondary N) is 1. The van der Waals surface area contributed by atoms with Gasteiger partial charge in [0.25, 0.3) is 5.91 Å². The number of anilines is 1. The summed E-state index contributed by atoms with van der Waals surface area (Å²) in [6.45, 7) is 2.42. The fourth-order valence-corrected chi connectivity index (χ4v) is 4.14. The third kappa shape index (κ3) is 5.53. The molecule has 0 bridgehead atoms. The van der Waals surface area contributed by atoms with Crippen LogP contribution in [0.15, 0.2) is 47.4 Å². The van der Waals surface area contributed by atoms with E-state index in [0.29, 0.717) is 37.9 Å². The summed E-state index contributed by atoms with van der Waals surface area (Å²) >= 11 is 12.3. The molecule has 1 aliphatic rings. The van der Waals surface area contributed by atoms with Crippen LogP contribution in [0.1, 0.15) is 18.9 Å². The lowest BCUT2D eigenvalue weighted by atomic mass is 10.2. The summed E-state index contributed by atoms with van der Waals surface area (Å²) in [4.78, 5) is 26.8. The Kier molecular flexibility index (Phi) is 7.36. The lowest BCUT2D eigenvalue weighted by Crippen LogP contribution is -2.31. The minimum atomic E-state index is -0.254. The average molecular weight is 463 g/mol. The van der Waals surface area contributed by atoms with Gasteiger partial charge < -0.3 is 15.2 Å². The summed E-state index contributed by atoms with van der Waals surface area (Å²) in [6, 6.07) is 11.6. The van der Waals surface area contributed by atoms with Crippen molar-refractivity contribution in [2.45, 2.75) is 13.3 Å². The van der Waals surface area contributed by atoms with Gasteiger partial charge in [-0.2, -0.15) is 0 Å². The first-order valence-corrected chi connectivity index (χ1v) is 10.7. The van der Waals surface area contributed by atoms with Crippen LogP contribution in [0.4, 0.5) is 5.69 Å². The van der Waals surface area contributed by atoms with E-state index in [4.69, 9.17) is 28.6 Å². The van der Waals surface area contributed by atoms with Gasteiger partial charge in [0.2, 0.25) is 5.91 Å². The van der Waals surface area contributed by atoms with Crippen LogP contribution in [0.25, 0.3) is 6.08 Å². The molecule has 2 amide bonds. The molecule has 3 rings (SSSR count). The first kappa shape index (κ1) is 22.1. The predicted molar refractivity (Wildman–Crippen MR) is 124 cm³/mol. The van der Waals surface area contributed by atoms with Crippen LogP contribution in [0, 0.1) is 0 Å². The molecule has 1 saturated heterocycles. The Morgan fingerprint density at radius 1 is 1.30 bits per heavy atom. The lowest BCUT2D eigenvalue weighted by molar-refractivity contribution is -0.122. The second-order valence-corrected chi connectivity index (χ2v) is 8.41. The number of thiocarbonyl (C=S) groups is 1. The van der Waals surface area contributed by atoms with Crippen molar-refractivity contribution in [1.29, 1.82) is 0 Å². The molecule has 2 aromatic carbocycles. The van der Waals surface area contributed by atoms with Crippen LogP contribution < -0.4 is 10.1 Å². The van der Waals surface area contributed by atoms with E-state index in [1.807, 2.05) is 6.92 Å². The predicted octanol–water partition coefficient (Wildman–Crippen LogP) is 4.67. The number of phenolic OH excluding ortho intramolecular Hbond substituents is 1. The van der Waals surface area contributed by atoms with E-state index < -0.39 is 0 Å². The summed E-state index contributed by atoms with van der Waals surface area (Å²) < 4.78 is 5.77. The number of ether oxygens (including phenoxy) is 1. The largest absolute Gasteiger partial charge is 0.504 e. The number of nitrogens with zero attached hydrogens (tertiary/aromatic N) is 1. The Morgan fingerprint density at radius 3 is 2.73 bits per heavy atom. The van der Waals surface area contributed by atoms with E-state index in [-0.39, 0.29) is 30.5 Å². The van der Waals surface area contributed by atoms with E-state index in [2.05, 4.69) is 5.32 Å². The van der Waals surface area contributed by atoms with Crippen molar-refractivity contribution in [3.8, 4) is 11.5 Å². The van der Waals surface area contributed by atoms with Crippen molar-refractivity contribution in [3.63, 3.8) is 0 Å². The molecule has 1 fully saturated rings. The van der Waals surface area contributed by atoms with Crippen molar-refractivity contribution in [2.24, 2.45) is 0 Å². The molecule has 0 unspecified atom stereocenters. The van der Waals surface area contributed by atoms with Gasteiger partial charge in [0.1, 0.15) is 4.32 Å². The van der Waals surface area contributed by atoms with E-state index in [1.165, 1.54) is 22.7 Å². The minimum Gasteiger partial charge on any atom is -0.504 e. The second kappa shape index (κ2) is 9.97. The molecule has 9 heteroatoms. The summed E-state index contributed by atoms with van der Waals surface area (Å²) in [5.41, 5.74) is 1.34. The SMILES string of the molecule is CCOc1cc(/C=C2\SC(=S)N(CCC(=O)Nc3ccc(Cl)cc3)C2=O)ccc1O. The maximum atomic E-state index is 12.7. The van der Waals surface area contributed by atoms with Crippen molar-refractivity contribution in [2.75, 3.05) is 18.5 Å². The highest BCUT2D eigenvalue weighted by Gasteiger charge is 2.32. The number of hydrogen-bond donors (Lipinski definition) is 2. The average Bonchev–Trinajstić information content (AvgIpc) is 2.97. The Balaban J connectivity index is 1.63. The number of carbonyl (C=O) groups excluding carboxylic acids is 2. The molecule has 0 aromatic heterocycles. The first-order chi connectivity index (χ1) is 14.4. The zero-order valence-corrected chi connectivity index (χ0v) is 18.4. The van der Waals surface area contributed by atoms with Gasteiger partial charge in [-0.05, 0) is 55.0 Å². The smallest absolute Gasteiger partial charge is 0.266 e. The molecule has 0 spiro atoms. The number of halogens is 1. The molecule has 2 aromatic rings. The normalized spacial score (nSPS) is 15.0. The number of hydrogen-bond acceptors (Lipinski definition) is 6. The van der Waals surface area contributed by atoms with E-state index >= 15 is 0 Å². The number of amides is 2. The summed E-state index contributed by atoms with van der Waals surface area (Å²) in [6.07, 6.45) is 1.80. The first-order valence-electron chi connectivity index (χ1n) is 9.14. The molecule has 0 aliphatic carbocycles. The maximum absolute atomic E-state index is 12.7. The van der Waals surface area contributed by atoms with Gasteiger partial charge in [-0.3, -0.25) is 14.5 Å². The molecule has 1 heterocycles. The standard InChI is InChI=1S/C21H19ClN2O4S2/c1-2-28-17-11-13(3-8-16(17)25)12-18-20(27)24(21(29)30-18)10-9-19(26)23-15-6-4-14(22)5-7-15/h3-8,11-12,25H,2,9-10H2,1H3,(H,23,26)/b18-12-. The highest BCUT2D eigenvalue weighted by Crippen LogP contribution is 2.34. The molecular weight excluding hydrogens is 444 g/mol. The molecule has 0 atom stereocenters. The quantitative estimate of drug-likeness (QED) is 0.459. The Morgan fingerprint density at radius 2 is 2.03 bits per heavy atom. The van der Waals surface area contributed by atoms with Crippen LogP contribution in [-0.4, -0.2) is 39.3 Å². The number of rotatable bonds is 7. The molecule has 6 nitrogen and oxygen atoms in total. The van der Waals surface area contributed by atoms with Gasteiger partial charge in [0.05, 0.1) is 11.5 Å². The molecule has 156 valence electrons. The molecule has 0 radical (unpaired) electrons. The highest BCUT2D eigenvalue weighted by molar-refractivity contribution is 8.26. The fourth-order valence-electron chi connectivity index (χ4n) is 2.71. The van der Waals surface area contributed by atoms with Crippen molar-refractivity contribution in [1.82, 2.24) is 4.90 Å². The second-order valence-electron chi connectivity index (χ2n) is 6.30. The van der Waals surface area contributed by atoms with Crippen LogP contribution in [0.5, 0.6) is 11.5 Å². The molecule has 2 N–H and O–H groups in total. The number of carbonyl (C=O) groups is 2. The van der Waals surface area contributed by atoms with Gasteiger partial charge in [0.15, 0.2) is 11.5 Å². The minimum absolute atomic E-state index is 0.0354. The topological polar surface area (TPSA) is 78.9 Å². The molecular formula is C21H19ClN2O4S2.